The molecule has 0 aromatic carbocycles. The molecule has 2 rings (SSSR count). The van der Waals surface area contributed by atoms with Crippen LogP contribution >= 0.6 is 0 Å². The largest absolute Gasteiger partial charge is 0.315 e. The van der Waals surface area contributed by atoms with Gasteiger partial charge in [-0.1, -0.05) is 6.42 Å². The van der Waals surface area contributed by atoms with Gasteiger partial charge in [-0.25, -0.2) is 0 Å². The van der Waals surface area contributed by atoms with Gasteiger partial charge in [-0.15, -0.1) is 0 Å². The minimum Gasteiger partial charge on any atom is -0.315 e. The summed E-state index contributed by atoms with van der Waals surface area (Å²) in [5.41, 5.74) is 0. The fourth-order valence-electron chi connectivity index (χ4n) is 3.56. The molecule has 0 aliphatic carbocycles. The van der Waals surface area contributed by atoms with E-state index in [1.54, 1.807) is 0 Å². The van der Waals surface area contributed by atoms with Gasteiger partial charge in [0.25, 0.3) is 0 Å². The normalized spacial score (nSPS) is 26.9. The van der Waals surface area contributed by atoms with Crippen molar-refractivity contribution in [2.24, 2.45) is 0 Å². The Kier molecular flexibility index (Phi) is 7.80. The van der Waals surface area contributed by atoms with Crippen molar-refractivity contribution in [2.45, 2.75) is 44.7 Å². The molecule has 5 heteroatoms. The highest BCUT2D eigenvalue weighted by Crippen LogP contribution is 2.16. The van der Waals surface area contributed by atoms with Gasteiger partial charge in [0, 0.05) is 38.8 Å². The smallest absolute Gasteiger partial charge is 0.138 e. The first-order chi connectivity index (χ1) is 10.7. The predicted molar refractivity (Wildman–Crippen MR) is 91.3 cm³/mol. The van der Waals surface area contributed by atoms with Crippen LogP contribution in [0.5, 0.6) is 0 Å². The van der Waals surface area contributed by atoms with Crippen molar-refractivity contribution in [1.29, 1.82) is 0 Å². The average molecular weight is 310 g/mol. The maximum atomic E-state index is 11.3. The molecule has 0 radical (unpaired) electrons. The van der Waals surface area contributed by atoms with Gasteiger partial charge in [-0.2, -0.15) is 0 Å². The number of piperazine rings is 1. The van der Waals surface area contributed by atoms with Crippen molar-refractivity contribution in [1.82, 2.24) is 20.0 Å². The van der Waals surface area contributed by atoms with Crippen LogP contribution in [0.4, 0.5) is 0 Å². The molecule has 0 aromatic heterocycles. The van der Waals surface area contributed by atoms with Crippen molar-refractivity contribution >= 4 is 6.29 Å². The first-order valence-electron chi connectivity index (χ1n) is 9.03. The molecule has 2 aliphatic rings. The quantitative estimate of drug-likeness (QED) is 0.527. The van der Waals surface area contributed by atoms with Crippen LogP contribution in [0.25, 0.3) is 0 Å². The van der Waals surface area contributed by atoms with Crippen LogP contribution in [-0.4, -0.2) is 92.5 Å². The fraction of sp³-hybridized carbons (Fsp3) is 0.941. The number of rotatable bonds is 8. The zero-order valence-electron chi connectivity index (χ0n) is 14.5. The van der Waals surface area contributed by atoms with Crippen LogP contribution in [-0.2, 0) is 4.79 Å². The lowest BCUT2D eigenvalue weighted by atomic mass is 10.0. The van der Waals surface area contributed by atoms with Crippen LogP contribution < -0.4 is 5.32 Å². The third kappa shape index (κ3) is 5.61. The Bertz CT molecular complexity index is 318. The van der Waals surface area contributed by atoms with E-state index < -0.39 is 0 Å². The van der Waals surface area contributed by atoms with E-state index in [4.69, 9.17) is 0 Å². The van der Waals surface area contributed by atoms with E-state index in [2.05, 4.69) is 34.0 Å². The van der Waals surface area contributed by atoms with Crippen LogP contribution in [0.2, 0.25) is 0 Å². The Labute approximate surface area is 136 Å². The summed E-state index contributed by atoms with van der Waals surface area (Å²) in [4.78, 5) is 18.6. The molecule has 2 saturated heterocycles. The molecule has 0 amide bonds. The van der Waals surface area contributed by atoms with Crippen LogP contribution in [0.3, 0.4) is 0 Å². The highest BCUT2D eigenvalue weighted by atomic mass is 16.1. The lowest BCUT2D eigenvalue weighted by Crippen LogP contribution is -2.52. The van der Waals surface area contributed by atoms with E-state index in [-0.39, 0.29) is 6.04 Å². The number of hydrogen-bond donors (Lipinski definition) is 1. The molecule has 2 aliphatic heterocycles. The highest BCUT2D eigenvalue weighted by molar-refractivity contribution is 5.58. The molecule has 0 spiro atoms. The van der Waals surface area contributed by atoms with Gasteiger partial charge in [0.2, 0.25) is 0 Å². The van der Waals surface area contributed by atoms with Crippen LogP contribution in [0.1, 0.15) is 32.6 Å². The first-order valence-corrected chi connectivity index (χ1v) is 9.03. The van der Waals surface area contributed by atoms with E-state index in [9.17, 15) is 4.79 Å². The molecule has 0 saturated carbocycles. The summed E-state index contributed by atoms with van der Waals surface area (Å²) in [5, 5.41) is 3.49. The summed E-state index contributed by atoms with van der Waals surface area (Å²) in [6, 6.07) is 0.796. The summed E-state index contributed by atoms with van der Waals surface area (Å²) < 4.78 is 0. The molecule has 0 aromatic rings. The summed E-state index contributed by atoms with van der Waals surface area (Å²) in [6.45, 7) is 10.8. The van der Waals surface area contributed by atoms with Gasteiger partial charge >= 0.3 is 0 Å². The third-order valence-electron chi connectivity index (χ3n) is 5.26. The molecule has 2 unspecified atom stereocenters. The molecule has 1 N–H and O–H groups in total. The van der Waals surface area contributed by atoms with E-state index >= 15 is 0 Å². The molecule has 128 valence electrons. The molecule has 22 heavy (non-hydrogen) atoms. The number of carbonyl (C=O) groups is 1. The van der Waals surface area contributed by atoms with Crippen molar-refractivity contribution in [3.8, 4) is 0 Å². The second kappa shape index (κ2) is 9.60. The Hall–Kier alpha value is -0.490. The number of carbonyl (C=O) groups excluding carboxylic acids is 1. The van der Waals surface area contributed by atoms with Crippen LogP contribution in [0, 0.1) is 0 Å². The molecular weight excluding hydrogens is 276 g/mol. The van der Waals surface area contributed by atoms with Crippen molar-refractivity contribution in [3.63, 3.8) is 0 Å². The molecule has 2 heterocycles. The van der Waals surface area contributed by atoms with Gasteiger partial charge in [0.05, 0.1) is 6.04 Å². The fourth-order valence-corrected chi connectivity index (χ4v) is 3.56. The first kappa shape index (κ1) is 17.9. The summed E-state index contributed by atoms with van der Waals surface area (Å²) in [7, 11) is 2.15. The molecule has 2 fully saturated rings. The zero-order chi connectivity index (χ0) is 15.8. The lowest BCUT2D eigenvalue weighted by Gasteiger charge is -2.36. The minimum atomic E-state index is 0.0441. The molecule has 5 nitrogen and oxygen atoms in total. The maximum Gasteiger partial charge on any atom is 0.138 e. The number of piperidine rings is 1. The average Bonchev–Trinajstić information content (AvgIpc) is 2.54. The van der Waals surface area contributed by atoms with E-state index in [1.807, 2.05) is 0 Å². The van der Waals surface area contributed by atoms with Gasteiger partial charge in [-0.05, 0) is 52.9 Å². The second-order valence-corrected chi connectivity index (χ2v) is 6.98. The number of hydrogen-bond acceptors (Lipinski definition) is 5. The Morgan fingerprint density at radius 1 is 1.18 bits per heavy atom. The van der Waals surface area contributed by atoms with Crippen LogP contribution in [0.15, 0.2) is 0 Å². The number of likely N-dealkylation sites (N-methyl/N-ethyl adjacent to an activating group) is 1. The number of nitrogens with one attached hydrogen (secondary N) is 1. The Morgan fingerprint density at radius 3 is 2.64 bits per heavy atom. The lowest BCUT2D eigenvalue weighted by molar-refractivity contribution is -0.112. The van der Waals surface area contributed by atoms with Crippen molar-refractivity contribution < 1.29 is 4.79 Å². The van der Waals surface area contributed by atoms with Gasteiger partial charge < -0.3 is 19.9 Å². The standard InChI is InChI=1S/C17H34N4O/c1-16-6-3-4-8-20(16)9-5-7-18-14-17(15-22)21-12-10-19(2)11-13-21/h15-18H,3-14H2,1-2H3. The third-order valence-corrected chi connectivity index (χ3v) is 5.26. The highest BCUT2D eigenvalue weighted by Gasteiger charge is 2.21. The predicted octanol–water partition coefficient (Wildman–Crippen LogP) is 0.655. The van der Waals surface area contributed by atoms with Gasteiger partial charge in [0.15, 0.2) is 0 Å². The number of nitrogens with zero attached hydrogens (tertiary/aromatic N) is 3. The Balaban J connectivity index is 1.57. The van der Waals surface area contributed by atoms with Gasteiger partial charge in [0.1, 0.15) is 6.29 Å². The SMILES string of the molecule is CC1CCCCN1CCCNCC(C=O)N1CCN(C)CC1. The maximum absolute atomic E-state index is 11.3. The van der Waals surface area contributed by atoms with Crippen molar-refractivity contribution in [3.05, 3.63) is 0 Å². The second-order valence-electron chi connectivity index (χ2n) is 6.98. The van der Waals surface area contributed by atoms with E-state index in [0.29, 0.717) is 0 Å². The minimum absolute atomic E-state index is 0.0441. The molecule has 0 bridgehead atoms. The van der Waals surface area contributed by atoms with E-state index in [1.165, 1.54) is 38.8 Å². The summed E-state index contributed by atoms with van der Waals surface area (Å²) in [6.07, 6.45) is 6.39. The van der Waals surface area contributed by atoms with Crippen molar-refractivity contribution in [2.75, 3.05) is 59.4 Å². The summed E-state index contributed by atoms with van der Waals surface area (Å²) >= 11 is 0. The molecule has 2 atom stereocenters. The van der Waals surface area contributed by atoms with Gasteiger partial charge in [-0.3, -0.25) is 4.90 Å². The number of likely N-dealkylation sites (tertiary alicyclic amines) is 1. The molecular formula is C17H34N4O. The Morgan fingerprint density at radius 2 is 1.95 bits per heavy atom. The topological polar surface area (TPSA) is 38.8 Å². The zero-order valence-corrected chi connectivity index (χ0v) is 14.5. The number of aldehydes is 1. The monoisotopic (exact) mass is 310 g/mol. The van der Waals surface area contributed by atoms with E-state index in [0.717, 1.165) is 51.6 Å². The summed E-state index contributed by atoms with van der Waals surface area (Å²) in [5.74, 6) is 0.